The maximum Gasteiger partial charge on any atom is 0.249 e. The zero-order valence-corrected chi connectivity index (χ0v) is 11.6. The van der Waals surface area contributed by atoms with Gasteiger partial charge in [0.25, 0.3) is 0 Å². The van der Waals surface area contributed by atoms with E-state index in [2.05, 4.69) is 20.5 Å². The Labute approximate surface area is 122 Å². The van der Waals surface area contributed by atoms with Crippen molar-refractivity contribution in [3.05, 3.63) is 60.2 Å². The molecule has 1 aromatic heterocycles. The van der Waals surface area contributed by atoms with E-state index in [1.807, 2.05) is 61.5 Å². The molecule has 5 nitrogen and oxygen atoms in total. The Hall–Kier alpha value is -2.95. The van der Waals surface area contributed by atoms with Crippen molar-refractivity contribution < 1.29 is 0 Å². The lowest BCUT2D eigenvalue weighted by Crippen LogP contribution is -2.04. The Balaban J connectivity index is 1.86. The van der Waals surface area contributed by atoms with Crippen LogP contribution in [-0.4, -0.2) is 15.2 Å². The number of nitrogens with two attached hydrogens (primary N) is 1. The molecule has 0 unspecified atom stereocenters. The lowest BCUT2D eigenvalue weighted by atomic mass is 10.1. The van der Waals surface area contributed by atoms with Crippen molar-refractivity contribution in [3.8, 4) is 11.3 Å². The molecule has 0 bridgehead atoms. The molecule has 3 aromatic rings. The molecule has 3 N–H and O–H groups in total. The highest BCUT2D eigenvalue weighted by molar-refractivity contribution is 5.70. The highest BCUT2D eigenvalue weighted by Gasteiger charge is 2.08. The van der Waals surface area contributed by atoms with Crippen LogP contribution >= 0.6 is 0 Å². The van der Waals surface area contributed by atoms with E-state index >= 15 is 0 Å². The van der Waals surface area contributed by atoms with Crippen LogP contribution in [0, 0.1) is 6.92 Å². The number of anilines is 3. The predicted molar refractivity (Wildman–Crippen MR) is 84.1 cm³/mol. The zero-order chi connectivity index (χ0) is 14.7. The minimum Gasteiger partial charge on any atom is -0.382 e. The summed E-state index contributed by atoms with van der Waals surface area (Å²) in [6, 6.07) is 17.6. The summed E-state index contributed by atoms with van der Waals surface area (Å²) in [6.07, 6.45) is 0. The van der Waals surface area contributed by atoms with Gasteiger partial charge in [-0.3, -0.25) is 0 Å². The molecule has 104 valence electrons. The van der Waals surface area contributed by atoms with Crippen molar-refractivity contribution in [1.82, 2.24) is 15.2 Å². The summed E-state index contributed by atoms with van der Waals surface area (Å²) in [6.45, 7) is 2.04. The van der Waals surface area contributed by atoms with Crippen LogP contribution in [0.25, 0.3) is 11.3 Å². The van der Waals surface area contributed by atoms with E-state index < -0.39 is 0 Å². The first-order chi connectivity index (χ1) is 10.2. The quantitative estimate of drug-likeness (QED) is 0.769. The number of hydrogen-bond acceptors (Lipinski definition) is 5. The summed E-state index contributed by atoms with van der Waals surface area (Å²) in [5, 5.41) is 11.3. The van der Waals surface area contributed by atoms with Gasteiger partial charge in [-0.1, -0.05) is 48.0 Å². The molecule has 0 saturated carbocycles. The van der Waals surface area contributed by atoms with E-state index in [0.29, 0.717) is 17.5 Å². The van der Waals surface area contributed by atoms with Crippen LogP contribution < -0.4 is 11.1 Å². The molecule has 0 aliphatic rings. The second-order valence-electron chi connectivity index (χ2n) is 4.73. The molecule has 0 fully saturated rings. The average Bonchev–Trinajstić information content (AvgIpc) is 2.51. The van der Waals surface area contributed by atoms with Crippen molar-refractivity contribution in [3.63, 3.8) is 0 Å². The normalized spacial score (nSPS) is 10.3. The third kappa shape index (κ3) is 2.97. The van der Waals surface area contributed by atoms with Gasteiger partial charge in [0.15, 0.2) is 5.82 Å². The van der Waals surface area contributed by atoms with Gasteiger partial charge in [-0.25, -0.2) is 0 Å². The number of hydrogen-bond donors (Lipinski definition) is 2. The Morgan fingerprint density at radius 1 is 0.905 bits per heavy atom. The molecular weight excluding hydrogens is 262 g/mol. The van der Waals surface area contributed by atoms with Gasteiger partial charge in [0.2, 0.25) is 5.95 Å². The van der Waals surface area contributed by atoms with Gasteiger partial charge in [-0.05, 0) is 19.1 Å². The van der Waals surface area contributed by atoms with Crippen LogP contribution in [0.2, 0.25) is 0 Å². The summed E-state index contributed by atoms with van der Waals surface area (Å²) in [5.74, 6) is 0.738. The third-order valence-corrected chi connectivity index (χ3v) is 3.07. The highest BCUT2D eigenvalue weighted by Crippen LogP contribution is 2.22. The van der Waals surface area contributed by atoms with Crippen molar-refractivity contribution >= 4 is 17.5 Å². The van der Waals surface area contributed by atoms with Gasteiger partial charge in [0, 0.05) is 11.3 Å². The molecule has 0 radical (unpaired) electrons. The highest BCUT2D eigenvalue weighted by atomic mass is 15.3. The number of nitrogen functional groups attached to an aromatic ring is 1. The molecule has 21 heavy (non-hydrogen) atoms. The summed E-state index contributed by atoms with van der Waals surface area (Å²) >= 11 is 0. The Morgan fingerprint density at radius 3 is 2.29 bits per heavy atom. The van der Waals surface area contributed by atoms with E-state index in [-0.39, 0.29) is 0 Å². The topological polar surface area (TPSA) is 76.7 Å². The SMILES string of the molecule is Cc1ccc(Nc2nnc(-c3ccccc3)c(N)n2)cc1. The van der Waals surface area contributed by atoms with E-state index in [1.54, 1.807) is 0 Å². The van der Waals surface area contributed by atoms with Gasteiger partial charge >= 0.3 is 0 Å². The molecule has 0 spiro atoms. The molecule has 5 heteroatoms. The molecule has 0 amide bonds. The molecule has 3 rings (SSSR count). The van der Waals surface area contributed by atoms with Gasteiger partial charge in [-0.2, -0.15) is 4.98 Å². The zero-order valence-electron chi connectivity index (χ0n) is 11.6. The fourth-order valence-corrected chi connectivity index (χ4v) is 1.96. The summed E-state index contributed by atoms with van der Waals surface area (Å²) in [4.78, 5) is 4.26. The standard InChI is InChI=1S/C16H15N5/c1-11-7-9-13(10-8-11)18-16-19-15(17)14(20-21-16)12-5-3-2-4-6-12/h2-10H,1H3,(H3,17,18,19,21). The fraction of sp³-hybridized carbons (Fsp3) is 0.0625. The molecule has 0 atom stereocenters. The molecule has 0 saturated heterocycles. The van der Waals surface area contributed by atoms with Crippen LogP contribution in [0.15, 0.2) is 54.6 Å². The van der Waals surface area contributed by atoms with E-state index in [9.17, 15) is 0 Å². The second kappa shape index (κ2) is 5.58. The number of rotatable bonds is 3. The maximum atomic E-state index is 5.98. The summed E-state index contributed by atoms with van der Waals surface area (Å²) in [5.41, 5.74) is 9.56. The largest absolute Gasteiger partial charge is 0.382 e. The third-order valence-electron chi connectivity index (χ3n) is 3.07. The van der Waals surface area contributed by atoms with Crippen LogP contribution in [0.1, 0.15) is 5.56 Å². The van der Waals surface area contributed by atoms with Crippen molar-refractivity contribution in [2.75, 3.05) is 11.1 Å². The number of nitrogens with zero attached hydrogens (tertiary/aromatic N) is 3. The Kier molecular flexibility index (Phi) is 3.47. The van der Waals surface area contributed by atoms with Crippen LogP contribution in [0.3, 0.4) is 0 Å². The van der Waals surface area contributed by atoms with E-state index in [0.717, 1.165) is 11.3 Å². The molecular formula is C16H15N5. The van der Waals surface area contributed by atoms with Crippen molar-refractivity contribution in [1.29, 1.82) is 0 Å². The Bertz CT molecular complexity index is 738. The number of benzene rings is 2. The monoisotopic (exact) mass is 277 g/mol. The maximum absolute atomic E-state index is 5.98. The first-order valence-electron chi connectivity index (χ1n) is 6.62. The lowest BCUT2D eigenvalue weighted by molar-refractivity contribution is 0.992. The summed E-state index contributed by atoms with van der Waals surface area (Å²) in [7, 11) is 0. The minimum absolute atomic E-state index is 0.353. The van der Waals surface area contributed by atoms with Crippen LogP contribution in [0.4, 0.5) is 17.5 Å². The summed E-state index contributed by atoms with van der Waals surface area (Å²) < 4.78 is 0. The minimum atomic E-state index is 0.353. The number of aryl methyl sites for hydroxylation is 1. The van der Waals surface area contributed by atoms with E-state index in [1.165, 1.54) is 5.56 Å². The molecule has 0 aliphatic carbocycles. The van der Waals surface area contributed by atoms with E-state index in [4.69, 9.17) is 5.73 Å². The Morgan fingerprint density at radius 2 is 1.62 bits per heavy atom. The predicted octanol–water partition coefficient (Wildman–Crippen LogP) is 3.17. The first kappa shape index (κ1) is 13.1. The second-order valence-corrected chi connectivity index (χ2v) is 4.73. The fourth-order valence-electron chi connectivity index (χ4n) is 1.96. The first-order valence-corrected chi connectivity index (χ1v) is 6.62. The lowest BCUT2D eigenvalue weighted by Gasteiger charge is -2.07. The molecule has 0 aliphatic heterocycles. The van der Waals surface area contributed by atoms with Gasteiger partial charge < -0.3 is 11.1 Å². The van der Waals surface area contributed by atoms with Gasteiger partial charge in [0.05, 0.1) is 0 Å². The van der Waals surface area contributed by atoms with Crippen molar-refractivity contribution in [2.24, 2.45) is 0 Å². The number of nitrogens with one attached hydrogen (secondary N) is 1. The van der Waals surface area contributed by atoms with Crippen LogP contribution in [0.5, 0.6) is 0 Å². The average molecular weight is 277 g/mol. The smallest absolute Gasteiger partial charge is 0.249 e. The molecule has 1 heterocycles. The molecule has 2 aromatic carbocycles. The van der Waals surface area contributed by atoms with Crippen LogP contribution in [-0.2, 0) is 0 Å². The number of aromatic nitrogens is 3. The van der Waals surface area contributed by atoms with Crippen molar-refractivity contribution in [2.45, 2.75) is 6.92 Å². The van der Waals surface area contributed by atoms with Gasteiger partial charge in [-0.15, -0.1) is 10.2 Å². The van der Waals surface area contributed by atoms with Gasteiger partial charge in [0.1, 0.15) is 5.69 Å².